The highest BCUT2D eigenvalue weighted by Crippen LogP contribution is 2.58. The van der Waals surface area contributed by atoms with E-state index >= 15 is 0 Å². The maximum absolute atomic E-state index is 2.45. The molecule has 0 radical (unpaired) electrons. The van der Waals surface area contributed by atoms with E-state index in [-0.39, 0.29) is 0 Å². The molecule has 0 atom stereocenters. The van der Waals surface area contributed by atoms with Crippen LogP contribution in [0, 0.1) is 0 Å². The Morgan fingerprint density at radius 1 is 0.172 bits per heavy atom. The summed E-state index contributed by atoms with van der Waals surface area (Å²) < 4.78 is 0. The fourth-order valence-corrected chi connectivity index (χ4v) is 10.8. The highest BCUT2D eigenvalue weighted by atomic mass is 14.3. The topological polar surface area (TPSA) is 0 Å². The van der Waals surface area contributed by atoms with Gasteiger partial charge in [-0.25, -0.2) is 0 Å². The fraction of sp³-hybridized carbons (Fsp3) is 0. The Labute approximate surface area is 373 Å². The second-order valence-electron chi connectivity index (χ2n) is 17.1. The van der Waals surface area contributed by atoms with Crippen LogP contribution in [-0.2, 0) is 0 Å². The minimum Gasteiger partial charge on any atom is -0.0622 e. The molecule has 0 aromatic heterocycles. The molecule has 0 saturated heterocycles. The van der Waals surface area contributed by atoms with Crippen molar-refractivity contribution in [1.82, 2.24) is 0 Å². The minimum atomic E-state index is 1.19. The fourth-order valence-electron chi connectivity index (χ4n) is 10.8. The van der Waals surface area contributed by atoms with Crippen LogP contribution in [0.3, 0.4) is 0 Å². The lowest BCUT2D eigenvalue weighted by Crippen LogP contribution is -1.94. The van der Waals surface area contributed by atoms with E-state index in [9.17, 15) is 0 Å². The monoisotopic (exact) mass is 808 g/mol. The predicted octanol–water partition coefficient (Wildman–Crippen LogP) is 17.9. The average molecular weight is 809 g/mol. The molecule has 0 saturated carbocycles. The first kappa shape index (κ1) is 36.3. The van der Waals surface area contributed by atoms with Gasteiger partial charge in [0.2, 0.25) is 0 Å². The maximum atomic E-state index is 2.45. The van der Waals surface area contributed by atoms with Gasteiger partial charge in [-0.3, -0.25) is 0 Å². The van der Waals surface area contributed by atoms with Crippen LogP contribution in [0.25, 0.3) is 132 Å². The Hall–Kier alpha value is -8.32. The molecular weight excluding hydrogens is 769 g/mol. The summed E-state index contributed by atoms with van der Waals surface area (Å²) in [6.45, 7) is 0. The number of rotatable bonds is 6. The summed E-state index contributed by atoms with van der Waals surface area (Å²) in [7, 11) is 0. The summed E-state index contributed by atoms with van der Waals surface area (Å²) >= 11 is 0. The third-order valence-electron chi connectivity index (χ3n) is 13.6. The third kappa shape index (κ3) is 5.63. The van der Waals surface area contributed by atoms with E-state index in [0.29, 0.717) is 0 Å². The molecule has 13 rings (SSSR count). The molecule has 0 aliphatic heterocycles. The minimum absolute atomic E-state index is 1.19. The van der Waals surface area contributed by atoms with E-state index in [2.05, 4.69) is 243 Å². The van der Waals surface area contributed by atoms with Crippen LogP contribution in [0.15, 0.2) is 243 Å². The van der Waals surface area contributed by atoms with Crippen LogP contribution in [0.1, 0.15) is 0 Å². The molecule has 64 heavy (non-hydrogen) atoms. The summed E-state index contributed by atoms with van der Waals surface area (Å²) in [6, 6.07) is 89.7. The van der Waals surface area contributed by atoms with Crippen molar-refractivity contribution in [2.45, 2.75) is 0 Å². The molecule has 0 heteroatoms. The molecule has 0 unspecified atom stereocenters. The van der Waals surface area contributed by atoms with Crippen LogP contribution in [-0.4, -0.2) is 0 Å². The Morgan fingerprint density at radius 3 is 0.953 bits per heavy atom. The Kier molecular flexibility index (Phi) is 8.32. The highest BCUT2D eigenvalue weighted by Gasteiger charge is 2.30. The van der Waals surface area contributed by atoms with Crippen molar-refractivity contribution < 1.29 is 0 Å². The summed E-state index contributed by atoms with van der Waals surface area (Å²) in [5.41, 5.74) is 20.1. The first-order chi connectivity index (χ1) is 31.8. The zero-order valence-corrected chi connectivity index (χ0v) is 35.1. The Bertz CT molecular complexity index is 3770. The largest absolute Gasteiger partial charge is 0.0622 e. The van der Waals surface area contributed by atoms with Crippen LogP contribution < -0.4 is 0 Å². The van der Waals surface area contributed by atoms with Gasteiger partial charge in [0.1, 0.15) is 0 Å². The number of benzene rings is 12. The molecule has 1 aliphatic carbocycles. The van der Waals surface area contributed by atoms with Crippen molar-refractivity contribution in [3.8, 4) is 89.0 Å². The summed E-state index contributed by atoms with van der Waals surface area (Å²) in [6.07, 6.45) is 0. The standard InChI is InChI=1S/C64H40/c1-5-17-43(18-6-1)58-50-27-13-14-28-51(50)59(44-19-7-2-8-20-44)56-39-48(35-37-52(56)58)41-31-33-42(34-32-41)49-36-38-53-57(40-49)62(47-23-11-4-12-24-47)64-55-30-16-26-45-25-15-29-54(60(45)55)63(64)61(53)46-21-9-3-10-22-46/h1-40H. The molecule has 1 aliphatic rings. The second kappa shape index (κ2) is 14.7. The van der Waals surface area contributed by atoms with Crippen molar-refractivity contribution in [1.29, 1.82) is 0 Å². The summed E-state index contributed by atoms with van der Waals surface area (Å²) in [5, 5.41) is 10.2. The molecule has 0 N–H and O–H groups in total. The zero-order valence-electron chi connectivity index (χ0n) is 35.1. The number of hydrogen-bond donors (Lipinski definition) is 0. The van der Waals surface area contributed by atoms with Crippen molar-refractivity contribution >= 4 is 43.1 Å². The molecule has 0 fully saturated rings. The molecule has 0 nitrogen and oxygen atoms in total. The van der Waals surface area contributed by atoms with Gasteiger partial charge in [-0.15, -0.1) is 0 Å². The molecule has 0 bridgehead atoms. The predicted molar refractivity (Wildman–Crippen MR) is 274 cm³/mol. The smallest absolute Gasteiger partial charge is 0.000741 e. The lowest BCUT2D eigenvalue weighted by Gasteiger charge is -2.21. The lowest BCUT2D eigenvalue weighted by atomic mass is 9.81. The molecule has 0 amide bonds. The lowest BCUT2D eigenvalue weighted by molar-refractivity contribution is 1.60. The average Bonchev–Trinajstić information content (AvgIpc) is 3.70. The van der Waals surface area contributed by atoms with E-state index in [1.54, 1.807) is 0 Å². The highest BCUT2D eigenvalue weighted by molar-refractivity contribution is 6.28. The van der Waals surface area contributed by atoms with Crippen molar-refractivity contribution in [2.75, 3.05) is 0 Å². The summed E-state index contributed by atoms with van der Waals surface area (Å²) in [4.78, 5) is 0. The van der Waals surface area contributed by atoms with E-state index in [1.807, 2.05) is 0 Å². The zero-order chi connectivity index (χ0) is 42.1. The van der Waals surface area contributed by atoms with Crippen molar-refractivity contribution in [2.24, 2.45) is 0 Å². The van der Waals surface area contributed by atoms with Crippen molar-refractivity contribution in [3.05, 3.63) is 243 Å². The van der Waals surface area contributed by atoms with Gasteiger partial charge in [-0.1, -0.05) is 231 Å². The quantitative estimate of drug-likeness (QED) is 0.147. The molecule has 296 valence electrons. The number of fused-ring (bicyclic) bond motifs is 6. The summed E-state index contributed by atoms with van der Waals surface area (Å²) in [5.74, 6) is 0. The van der Waals surface area contributed by atoms with Crippen LogP contribution in [0.5, 0.6) is 0 Å². The molecule has 0 heterocycles. The number of hydrogen-bond acceptors (Lipinski definition) is 0. The molecular formula is C64H40. The Morgan fingerprint density at radius 2 is 0.500 bits per heavy atom. The SMILES string of the molecule is c1ccc(-c2c3c(c(-c4ccccc4)c4cc(-c5ccc(-c6ccc7c(-c8ccccc8)c8ccccc8c(-c8ccccc8)c7c6)cc5)ccc24)-c2cccc4cccc-3c24)cc1. The van der Waals surface area contributed by atoms with Crippen molar-refractivity contribution in [3.63, 3.8) is 0 Å². The van der Waals surface area contributed by atoms with Gasteiger partial charge in [0.15, 0.2) is 0 Å². The van der Waals surface area contributed by atoms with Crippen LogP contribution in [0.2, 0.25) is 0 Å². The second-order valence-corrected chi connectivity index (χ2v) is 17.1. The third-order valence-corrected chi connectivity index (χ3v) is 13.6. The van der Waals surface area contributed by atoms with Gasteiger partial charge in [0.25, 0.3) is 0 Å². The first-order valence-corrected chi connectivity index (χ1v) is 22.3. The van der Waals surface area contributed by atoms with Gasteiger partial charge in [0, 0.05) is 0 Å². The van der Waals surface area contributed by atoms with Gasteiger partial charge in [0.05, 0.1) is 0 Å². The van der Waals surface area contributed by atoms with E-state index in [1.165, 1.54) is 132 Å². The Balaban J connectivity index is 1.00. The van der Waals surface area contributed by atoms with Gasteiger partial charge < -0.3 is 0 Å². The maximum Gasteiger partial charge on any atom is -0.000741 e. The van der Waals surface area contributed by atoms with E-state index in [4.69, 9.17) is 0 Å². The van der Waals surface area contributed by atoms with Gasteiger partial charge >= 0.3 is 0 Å². The van der Waals surface area contributed by atoms with Gasteiger partial charge in [-0.05, 0) is 144 Å². The molecule has 0 spiro atoms. The van der Waals surface area contributed by atoms with E-state index in [0.717, 1.165) is 0 Å². The molecule has 12 aromatic rings. The normalized spacial score (nSPS) is 11.8. The first-order valence-electron chi connectivity index (χ1n) is 22.3. The molecule has 12 aromatic carbocycles. The van der Waals surface area contributed by atoms with E-state index < -0.39 is 0 Å². The van der Waals surface area contributed by atoms with Crippen LogP contribution in [0.4, 0.5) is 0 Å². The van der Waals surface area contributed by atoms with Crippen LogP contribution >= 0.6 is 0 Å². The van der Waals surface area contributed by atoms with Gasteiger partial charge in [-0.2, -0.15) is 0 Å².